The largest absolute Gasteiger partial charge is 0.361 e. The maximum Gasteiger partial charge on any atom is 0.225 e. The smallest absolute Gasteiger partial charge is 0.225 e. The lowest BCUT2D eigenvalue weighted by molar-refractivity contribution is -0.119. The standard InChI is InChI=1S/C18H22N6O/c25-17(21-15-4-5-16-14(10-15)6-9-19-16)11-18(7-2-1-3-8-18)12-24-13-20-22-23-24/h4-6,9-10,13,19H,1-3,7-8,11-12H2,(H,21,25). The Kier molecular flexibility index (Phi) is 4.21. The normalized spacial score (nSPS) is 16.8. The average molecular weight is 338 g/mol. The third-order valence-corrected chi connectivity index (χ3v) is 5.18. The number of anilines is 1. The minimum atomic E-state index is -0.0596. The molecular weight excluding hydrogens is 316 g/mol. The lowest BCUT2D eigenvalue weighted by Crippen LogP contribution is -2.34. The van der Waals surface area contributed by atoms with Crippen molar-refractivity contribution in [2.75, 3.05) is 5.32 Å². The molecule has 2 heterocycles. The van der Waals surface area contributed by atoms with Crippen LogP contribution in [0.4, 0.5) is 5.69 Å². The molecule has 1 amide bonds. The fourth-order valence-corrected chi connectivity index (χ4v) is 3.97. The van der Waals surface area contributed by atoms with Gasteiger partial charge < -0.3 is 10.3 Å². The molecule has 130 valence electrons. The molecule has 25 heavy (non-hydrogen) atoms. The summed E-state index contributed by atoms with van der Waals surface area (Å²) in [5.41, 5.74) is 1.85. The molecule has 1 aliphatic rings. The van der Waals surface area contributed by atoms with Gasteiger partial charge in [0.2, 0.25) is 5.91 Å². The number of nitrogens with one attached hydrogen (secondary N) is 2. The van der Waals surface area contributed by atoms with Gasteiger partial charge in [-0.2, -0.15) is 0 Å². The van der Waals surface area contributed by atoms with Crippen molar-refractivity contribution in [1.29, 1.82) is 0 Å². The summed E-state index contributed by atoms with van der Waals surface area (Å²) in [4.78, 5) is 15.9. The van der Waals surface area contributed by atoms with Gasteiger partial charge in [0, 0.05) is 29.2 Å². The second kappa shape index (κ2) is 6.66. The average Bonchev–Trinajstić information content (AvgIpc) is 3.26. The summed E-state index contributed by atoms with van der Waals surface area (Å²) in [6.45, 7) is 0.699. The lowest BCUT2D eigenvalue weighted by Gasteiger charge is -2.36. The molecule has 7 heteroatoms. The number of rotatable bonds is 5. The fraction of sp³-hybridized carbons (Fsp3) is 0.444. The Morgan fingerprint density at radius 3 is 2.92 bits per heavy atom. The molecule has 2 aromatic heterocycles. The Morgan fingerprint density at radius 1 is 1.24 bits per heavy atom. The molecule has 1 aromatic carbocycles. The van der Waals surface area contributed by atoms with Crippen LogP contribution in [0.25, 0.3) is 10.9 Å². The van der Waals surface area contributed by atoms with Gasteiger partial charge in [0.1, 0.15) is 6.33 Å². The summed E-state index contributed by atoms with van der Waals surface area (Å²) in [5.74, 6) is 0.0601. The van der Waals surface area contributed by atoms with Gasteiger partial charge in [-0.05, 0) is 52.9 Å². The van der Waals surface area contributed by atoms with E-state index in [4.69, 9.17) is 0 Å². The molecule has 0 bridgehead atoms. The van der Waals surface area contributed by atoms with Gasteiger partial charge in [-0.3, -0.25) is 4.79 Å². The molecule has 1 saturated carbocycles. The van der Waals surface area contributed by atoms with Gasteiger partial charge >= 0.3 is 0 Å². The van der Waals surface area contributed by atoms with Gasteiger partial charge in [-0.15, -0.1) is 5.10 Å². The Hall–Kier alpha value is -2.70. The Bertz CT molecular complexity index is 847. The van der Waals surface area contributed by atoms with E-state index in [1.54, 1.807) is 11.0 Å². The number of nitrogens with zero attached hydrogens (tertiary/aromatic N) is 4. The minimum Gasteiger partial charge on any atom is -0.361 e. The van der Waals surface area contributed by atoms with E-state index >= 15 is 0 Å². The summed E-state index contributed by atoms with van der Waals surface area (Å²) in [5, 5.41) is 15.6. The number of aromatic amines is 1. The number of tetrazole rings is 1. The molecule has 3 aromatic rings. The highest BCUT2D eigenvalue weighted by atomic mass is 16.1. The van der Waals surface area contributed by atoms with Crippen LogP contribution in [-0.4, -0.2) is 31.1 Å². The van der Waals surface area contributed by atoms with Crippen molar-refractivity contribution in [3.63, 3.8) is 0 Å². The first-order chi connectivity index (χ1) is 12.2. The summed E-state index contributed by atoms with van der Waals surface area (Å²) >= 11 is 0. The number of aromatic nitrogens is 5. The lowest BCUT2D eigenvalue weighted by atomic mass is 9.71. The SMILES string of the molecule is O=C(CC1(Cn2cnnn2)CCCCC1)Nc1ccc2[nH]ccc2c1. The van der Waals surface area contributed by atoms with Gasteiger partial charge in [0.05, 0.1) is 6.54 Å². The van der Waals surface area contributed by atoms with E-state index in [1.807, 2.05) is 30.5 Å². The number of H-pyrrole nitrogens is 1. The molecule has 1 aliphatic carbocycles. The van der Waals surface area contributed by atoms with Crippen molar-refractivity contribution in [3.05, 3.63) is 36.8 Å². The number of carbonyl (C=O) groups excluding carboxylic acids is 1. The predicted molar refractivity (Wildman–Crippen MR) is 94.9 cm³/mol. The van der Waals surface area contributed by atoms with Crippen molar-refractivity contribution in [3.8, 4) is 0 Å². The molecule has 0 unspecified atom stereocenters. The number of amides is 1. The third-order valence-electron chi connectivity index (χ3n) is 5.18. The van der Waals surface area contributed by atoms with Gasteiger partial charge in [-0.1, -0.05) is 19.3 Å². The van der Waals surface area contributed by atoms with Crippen molar-refractivity contribution in [1.82, 2.24) is 25.2 Å². The molecule has 2 N–H and O–H groups in total. The van der Waals surface area contributed by atoms with Crippen LogP contribution < -0.4 is 5.32 Å². The summed E-state index contributed by atoms with van der Waals surface area (Å²) in [6, 6.07) is 7.93. The highest BCUT2D eigenvalue weighted by molar-refractivity contribution is 5.94. The first kappa shape index (κ1) is 15.8. The molecule has 4 rings (SSSR count). The molecule has 1 fully saturated rings. The van der Waals surface area contributed by atoms with Crippen molar-refractivity contribution >= 4 is 22.5 Å². The molecule has 0 radical (unpaired) electrons. The van der Waals surface area contributed by atoms with Crippen LogP contribution in [-0.2, 0) is 11.3 Å². The van der Waals surface area contributed by atoms with E-state index in [-0.39, 0.29) is 11.3 Å². The zero-order chi connectivity index (χ0) is 17.1. The summed E-state index contributed by atoms with van der Waals surface area (Å²) in [6.07, 6.45) is 9.67. The first-order valence-corrected chi connectivity index (χ1v) is 8.80. The zero-order valence-electron chi connectivity index (χ0n) is 14.1. The maximum absolute atomic E-state index is 12.7. The van der Waals surface area contributed by atoms with Gasteiger partial charge in [0.25, 0.3) is 0 Å². The Balaban J connectivity index is 1.47. The second-order valence-electron chi connectivity index (χ2n) is 7.07. The molecule has 0 aliphatic heterocycles. The Morgan fingerprint density at radius 2 is 2.12 bits per heavy atom. The van der Waals surface area contributed by atoms with Crippen LogP contribution in [0.3, 0.4) is 0 Å². The van der Waals surface area contributed by atoms with E-state index in [0.717, 1.165) is 42.3 Å². The van der Waals surface area contributed by atoms with Crippen LogP contribution in [0.2, 0.25) is 0 Å². The first-order valence-electron chi connectivity index (χ1n) is 8.80. The maximum atomic E-state index is 12.7. The van der Waals surface area contributed by atoms with Crippen molar-refractivity contribution < 1.29 is 4.79 Å². The molecule has 0 saturated heterocycles. The third kappa shape index (κ3) is 3.55. The molecule has 0 spiro atoms. The number of carbonyl (C=O) groups is 1. The summed E-state index contributed by atoms with van der Waals surface area (Å²) < 4.78 is 1.75. The Labute approximate surface area is 145 Å². The molecule has 0 atom stereocenters. The number of fused-ring (bicyclic) bond motifs is 1. The monoisotopic (exact) mass is 338 g/mol. The van der Waals surface area contributed by atoms with E-state index < -0.39 is 0 Å². The van der Waals surface area contributed by atoms with Gasteiger partial charge in [0.15, 0.2) is 0 Å². The molecule has 7 nitrogen and oxygen atoms in total. The van der Waals surface area contributed by atoms with E-state index in [1.165, 1.54) is 6.42 Å². The van der Waals surface area contributed by atoms with E-state index in [0.29, 0.717) is 13.0 Å². The fourth-order valence-electron chi connectivity index (χ4n) is 3.97. The number of hydrogen-bond donors (Lipinski definition) is 2. The summed E-state index contributed by atoms with van der Waals surface area (Å²) in [7, 11) is 0. The van der Waals surface area contributed by atoms with Crippen LogP contribution in [0.1, 0.15) is 38.5 Å². The van der Waals surface area contributed by atoms with Crippen LogP contribution in [0, 0.1) is 5.41 Å². The van der Waals surface area contributed by atoms with Crippen molar-refractivity contribution in [2.24, 2.45) is 5.41 Å². The minimum absolute atomic E-state index is 0.0596. The quantitative estimate of drug-likeness (QED) is 0.748. The number of benzene rings is 1. The van der Waals surface area contributed by atoms with Gasteiger partial charge in [-0.25, -0.2) is 4.68 Å². The van der Waals surface area contributed by atoms with Crippen LogP contribution >= 0.6 is 0 Å². The van der Waals surface area contributed by atoms with E-state index in [9.17, 15) is 4.79 Å². The van der Waals surface area contributed by atoms with Crippen LogP contribution in [0.5, 0.6) is 0 Å². The van der Waals surface area contributed by atoms with E-state index in [2.05, 4.69) is 25.8 Å². The number of hydrogen-bond acceptors (Lipinski definition) is 4. The highest BCUT2D eigenvalue weighted by Gasteiger charge is 2.35. The van der Waals surface area contributed by atoms with Crippen molar-refractivity contribution in [2.45, 2.75) is 45.1 Å². The second-order valence-corrected chi connectivity index (χ2v) is 7.07. The topological polar surface area (TPSA) is 88.5 Å². The highest BCUT2D eigenvalue weighted by Crippen LogP contribution is 2.41. The predicted octanol–water partition coefficient (Wildman–Crippen LogP) is 3.13. The molecular formula is C18H22N6O. The van der Waals surface area contributed by atoms with Crippen LogP contribution in [0.15, 0.2) is 36.8 Å². The zero-order valence-corrected chi connectivity index (χ0v) is 14.1.